The first kappa shape index (κ1) is 41.9. The van der Waals surface area contributed by atoms with Crippen molar-refractivity contribution in [2.45, 2.75) is 119 Å². The van der Waals surface area contributed by atoms with Crippen molar-refractivity contribution in [3.63, 3.8) is 0 Å². The van der Waals surface area contributed by atoms with Crippen LogP contribution in [0.4, 0.5) is 0 Å². The van der Waals surface area contributed by atoms with Crippen molar-refractivity contribution in [1.82, 2.24) is 0 Å². The van der Waals surface area contributed by atoms with E-state index >= 15 is 0 Å². The van der Waals surface area contributed by atoms with Gasteiger partial charge in [-0.25, -0.2) is 18.3 Å². The molecule has 9 aromatic rings. The van der Waals surface area contributed by atoms with Gasteiger partial charge in [-0.15, -0.1) is 0 Å². The highest BCUT2D eigenvalue weighted by Gasteiger charge is 2.23. The minimum Gasteiger partial charge on any atom is -0.201 e. The summed E-state index contributed by atoms with van der Waals surface area (Å²) in [4.78, 5) is 0. The Labute approximate surface area is 470 Å². The Morgan fingerprint density at radius 1 is 0.329 bits per heavy atom. The molecule has 0 aliphatic heterocycles. The normalized spacial score (nSPS) is 16.6. The third kappa shape index (κ3) is 12.2. The molecular weight excluding hydrogens is 921 g/mol. The van der Waals surface area contributed by atoms with Gasteiger partial charge in [0.2, 0.25) is 22.8 Å². The lowest BCUT2D eigenvalue weighted by atomic mass is 9.91. The van der Waals surface area contributed by atoms with Gasteiger partial charge in [-0.05, 0) is 194 Å². The second-order valence-electron chi connectivity index (χ2n) is 21.3. The van der Waals surface area contributed by atoms with Gasteiger partial charge in [0.15, 0.2) is 24.8 Å². The molecule has 12 rings (SSSR count). The standard InChI is InChI=1S/C20H20N.C18H22N.2C17H20N/c1-15-9-7-8-12-18(15)20-13-16(2)19(14-21(20)3)17-10-5-4-6-11-17;1-13-8-9-17(14(2)10-13)18-11-15-6-4-5-7-16(15)12-19(18)3;2*1-12-7-8-16(13(2)9-12)17-10-14-5-4-6-15(14)11-18(17)3/h4-14H,1-3H3;8-12H,4-7H2,1-3H3;2*7-11H,4-6H2,1-3H3/q4*+1/i2D3;;1D3,5D2,6D2;. The van der Waals surface area contributed by atoms with Crippen LogP contribution in [-0.4, -0.2) is 0 Å². The molecule has 0 atom stereocenters. The largest absolute Gasteiger partial charge is 0.212 e. The molecule has 4 heteroatoms. The van der Waals surface area contributed by atoms with Gasteiger partial charge in [-0.1, -0.05) is 102 Å². The Bertz CT molecular complexity index is 3990. The lowest BCUT2D eigenvalue weighted by Crippen LogP contribution is -2.32. The predicted molar refractivity (Wildman–Crippen MR) is 316 cm³/mol. The van der Waals surface area contributed by atoms with E-state index < -0.39 is 26.4 Å². The number of aryl methyl sites for hydroxylation is 18. The molecule has 0 unspecified atom stereocenters. The van der Waals surface area contributed by atoms with E-state index in [1.165, 1.54) is 95.3 Å². The Kier molecular flexibility index (Phi) is 13.1. The molecule has 0 saturated heterocycles. The monoisotopic (exact) mass is 1010 g/mol. The summed E-state index contributed by atoms with van der Waals surface area (Å²) in [6.45, 7) is 8.25. The summed E-state index contributed by atoms with van der Waals surface area (Å²) in [5.41, 5.74) is 25.4. The van der Waals surface area contributed by atoms with Crippen molar-refractivity contribution in [2.24, 2.45) is 28.2 Å². The van der Waals surface area contributed by atoms with Crippen molar-refractivity contribution in [1.29, 1.82) is 0 Å². The maximum atomic E-state index is 8.17. The van der Waals surface area contributed by atoms with Crippen LogP contribution in [0.25, 0.3) is 56.2 Å². The number of pyridine rings is 4. The van der Waals surface area contributed by atoms with E-state index in [-0.39, 0.29) is 12.0 Å². The zero-order chi connectivity index (χ0) is 62.2. The molecule has 76 heavy (non-hydrogen) atoms. The SMILES string of the molecule is Cc1ccc(-c2cc3c(c[n+]2C)CCC3)c(C)c1.Cc1ccc(-c2cc3c(c[n+]2C)CCCC3)c(C)c1.[2H]C([2H])([2H])c1cc(-c2ccccc2C)[n+](C)cc1-c1ccccc1.[2H]C([2H])([2H])c1ccc(-c2cc3c(c[n+]2C)C([2H])([2H])CC3([2H])[2H])c(C)c1. The molecule has 0 spiro atoms. The summed E-state index contributed by atoms with van der Waals surface area (Å²) in [5, 5.41) is 0. The van der Waals surface area contributed by atoms with Crippen LogP contribution in [0.1, 0.15) is 117 Å². The van der Waals surface area contributed by atoms with Crippen LogP contribution in [0.3, 0.4) is 0 Å². The molecule has 4 heterocycles. The van der Waals surface area contributed by atoms with Gasteiger partial charge in [0.1, 0.15) is 28.2 Å². The van der Waals surface area contributed by atoms with Crippen molar-refractivity contribution in [3.8, 4) is 56.2 Å². The molecule has 3 aliphatic carbocycles. The molecule has 0 radical (unpaired) electrons. The molecule has 5 aromatic carbocycles. The second-order valence-corrected chi connectivity index (χ2v) is 21.3. The number of benzene rings is 5. The first-order chi connectivity index (χ1) is 40.5. The van der Waals surface area contributed by atoms with Crippen LogP contribution in [0.5, 0.6) is 0 Å². The lowest BCUT2D eigenvalue weighted by molar-refractivity contribution is -0.661. The summed E-state index contributed by atoms with van der Waals surface area (Å²) >= 11 is 0. The van der Waals surface area contributed by atoms with E-state index in [9.17, 15) is 0 Å². The zero-order valence-corrected chi connectivity index (χ0v) is 46.5. The van der Waals surface area contributed by atoms with Gasteiger partial charge in [-0.3, -0.25) is 0 Å². The van der Waals surface area contributed by atoms with Crippen LogP contribution >= 0.6 is 0 Å². The van der Waals surface area contributed by atoms with E-state index in [4.69, 9.17) is 13.7 Å². The molecule has 0 amide bonds. The number of fused-ring (bicyclic) bond motifs is 3. The van der Waals surface area contributed by atoms with Gasteiger partial charge >= 0.3 is 0 Å². The Morgan fingerprint density at radius 3 is 1.32 bits per heavy atom. The Morgan fingerprint density at radius 2 is 0.763 bits per heavy atom. The summed E-state index contributed by atoms with van der Waals surface area (Å²) in [5.74, 6) is 0. The molecule has 0 N–H and O–H groups in total. The maximum Gasteiger partial charge on any atom is 0.212 e. The van der Waals surface area contributed by atoms with E-state index in [1.54, 1.807) is 64.8 Å². The average Bonchev–Trinajstić information content (AvgIpc) is 1.89. The molecule has 386 valence electrons. The van der Waals surface area contributed by atoms with Crippen LogP contribution in [0, 0.1) is 55.2 Å². The number of nitrogens with zero attached hydrogens (tertiary/aromatic N) is 4. The van der Waals surface area contributed by atoms with Crippen molar-refractivity contribution in [2.75, 3.05) is 0 Å². The smallest absolute Gasteiger partial charge is 0.201 e. The van der Waals surface area contributed by atoms with Crippen molar-refractivity contribution in [3.05, 3.63) is 236 Å². The fourth-order valence-electron chi connectivity index (χ4n) is 11.3. The van der Waals surface area contributed by atoms with Crippen LogP contribution in [0.2, 0.25) is 0 Å². The first-order valence-corrected chi connectivity index (χ1v) is 27.0. The molecule has 4 nitrogen and oxygen atoms in total. The fourth-order valence-corrected chi connectivity index (χ4v) is 11.3. The number of rotatable bonds is 5. The lowest BCUT2D eigenvalue weighted by Gasteiger charge is -2.15. The minimum atomic E-state index is -2.17. The highest BCUT2D eigenvalue weighted by atomic mass is 14.9. The molecule has 0 fully saturated rings. The van der Waals surface area contributed by atoms with Crippen molar-refractivity contribution < 1.29 is 32.0 Å². The van der Waals surface area contributed by atoms with Gasteiger partial charge in [0, 0.05) is 82.5 Å². The summed E-state index contributed by atoms with van der Waals surface area (Å²) < 4.78 is 87.3. The van der Waals surface area contributed by atoms with Gasteiger partial charge in [-0.2, -0.15) is 0 Å². The third-order valence-electron chi connectivity index (χ3n) is 15.4. The molecule has 0 bridgehead atoms. The molecule has 3 aliphatic rings. The average molecular weight is 1010 g/mol. The number of hydrogen-bond donors (Lipinski definition) is 0. The summed E-state index contributed by atoms with van der Waals surface area (Å²) in [6.07, 6.45) is 13.6. The first-order valence-electron chi connectivity index (χ1n) is 32.0. The van der Waals surface area contributed by atoms with Crippen LogP contribution in [0.15, 0.2) is 158 Å². The number of aromatic nitrogens is 4. The van der Waals surface area contributed by atoms with Gasteiger partial charge < -0.3 is 0 Å². The predicted octanol–water partition coefficient (Wildman–Crippen LogP) is 14.7. The maximum absolute atomic E-state index is 8.17. The van der Waals surface area contributed by atoms with E-state index in [0.717, 1.165) is 44.8 Å². The van der Waals surface area contributed by atoms with Crippen LogP contribution in [-0.2, 0) is 66.6 Å². The van der Waals surface area contributed by atoms with Gasteiger partial charge in [0.05, 0.1) is 0 Å². The van der Waals surface area contributed by atoms with Crippen molar-refractivity contribution >= 4 is 0 Å². The number of hydrogen-bond acceptors (Lipinski definition) is 0. The fraction of sp³-hybridized carbons (Fsp3) is 0.306. The third-order valence-corrected chi connectivity index (χ3v) is 15.4. The summed E-state index contributed by atoms with van der Waals surface area (Å²) in [7, 11) is 8.07. The summed E-state index contributed by atoms with van der Waals surface area (Å²) in [6, 6.07) is 44.4. The van der Waals surface area contributed by atoms with E-state index in [1.807, 2.05) is 86.3 Å². The molecule has 0 saturated carbocycles. The highest BCUT2D eigenvalue weighted by Crippen LogP contribution is 2.31. The second kappa shape index (κ2) is 23.7. The van der Waals surface area contributed by atoms with E-state index in [2.05, 4.69) is 112 Å². The van der Waals surface area contributed by atoms with Crippen LogP contribution < -0.4 is 18.3 Å². The highest BCUT2D eigenvalue weighted by molar-refractivity contribution is 5.70. The minimum absolute atomic E-state index is 0.199. The molecular formula is C72H82N4+4. The topological polar surface area (TPSA) is 15.5 Å². The Hall–Kier alpha value is -7.30. The molecule has 4 aromatic heterocycles. The van der Waals surface area contributed by atoms with Gasteiger partial charge in [0.25, 0.3) is 0 Å². The van der Waals surface area contributed by atoms with E-state index in [0.29, 0.717) is 16.7 Å². The zero-order valence-electron chi connectivity index (χ0n) is 56.5. The quantitative estimate of drug-likeness (QED) is 0.153. The Balaban J connectivity index is 0.000000138.